The molecule has 1 atom stereocenters. The van der Waals surface area contributed by atoms with Crippen LogP contribution in [0.4, 0.5) is 0 Å². The highest BCUT2D eigenvalue weighted by Crippen LogP contribution is 2.34. The fourth-order valence-electron chi connectivity index (χ4n) is 4.10. The highest BCUT2D eigenvalue weighted by atomic mass is 32.2. The number of aryl methyl sites for hydroxylation is 1. The van der Waals surface area contributed by atoms with E-state index in [0.717, 1.165) is 15.2 Å². The fraction of sp³-hybridized carbons (Fsp3) is 0.423. The number of carboxylic acid groups (broad SMARTS) is 1. The van der Waals surface area contributed by atoms with Gasteiger partial charge in [-0.2, -0.15) is 4.31 Å². The first-order valence-electron chi connectivity index (χ1n) is 11.4. The largest absolute Gasteiger partial charge is 0.496 e. The minimum atomic E-state index is -4.25. The summed E-state index contributed by atoms with van der Waals surface area (Å²) in [4.78, 5) is 15.6. The molecule has 3 rings (SSSR count). The van der Waals surface area contributed by atoms with Crippen LogP contribution in [0.1, 0.15) is 43.0 Å². The molecule has 0 spiro atoms. The maximum atomic E-state index is 14.2. The second kappa shape index (κ2) is 10.0. The summed E-state index contributed by atoms with van der Waals surface area (Å²) in [5, 5.41) is 11.0. The topological polar surface area (TPSA) is 109 Å². The standard InChI is InChI=1S/C26H34N2O6S/c1-16-12-23(33-7)17(2)18(3)24(16)35(31,32)28(22(25(29)30)15-34-26(4,5)6)14-19-8-9-21-20(13-19)10-11-27-21/h8-13,22,27H,14-15H2,1-7H3,(H,29,30)/t22-/m1/s1. The van der Waals surface area contributed by atoms with E-state index in [2.05, 4.69) is 4.98 Å². The molecule has 8 nitrogen and oxygen atoms in total. The molecule has 0 amide bonds. The summed E-state index contributed by atoms with van der Waals surface area (Å²) in [5.74, 6) is -0.699. The quantitative estimate of drug-likeness (QED) is 0.444. The van der Waals surface area contributed by atoms with Gasteiger partial charge in [-0.05, 0) is 93.4 Å². The van der Waals surface area contributed by atoms with Crippen molar-refractivity contribution in [2.24, 2.45) is 0 Å². The maximum Gasteiger partial charge on any atom is 0.324 e. The van der Waals surface area contributed by atoms with Crippen LogP contribution in [0.3, 0.4) is 0 Å². The predicted octanol–water partition coefficient (Wildman–Crippen LogP) is 4.56. The number of benzene rings is 2. The van der Waals surface area contributed by atoms with E-state index in [0.29, 0.717) is 28.0 Å². The molecule has 35 heavy (non-hydrogen) atoms. The molecule has 0 radical (unpaired) electrons. The molecule has 0 aliphatic carbocycles. The Labute approximate surface area is 206 Å². The summed E-state index contributed by atoms with van der Waals surface area (Å²) in [6, 6.07) is 7.63. The molecule has 190 valence electrons. The van der Waals surface area contributed by atoms with Crippen molar-refractivity contribution in [1.29, 1.82) is 0 Å². The molecule has 2 aromatic carbocycles. The summed E-state index contributed by atoms with van der Waals surface area (Å²) in [6.45, 7) is 10.2. The number of hydrogen-bond acceptors (Lipinski definition) is 5. The monoisotopic (exact) mass is 502 g/mol. The Morgan fingerprint density at radius 3 is 2.40 bits per heavy atom. The number of aliphatic carboxylic acids is 1. The van der Waals surface area contributed by atoms with Crippen molar-refractivity contribution in [3.8, 4) is 5.75 Å². The lowest BCUT2D eigenvalue weighted by Crippen LogP contribution is -2.48. The number of nitrogens with one attached hydrogen (secondary N) is 1. The number of nitrogens with zero attached hydrogens (tertiary/aromatic N) is 1. The number of methoxy groups -OCH3 is 1. The van der Waals surface area contributed by atoms with Gasteiger partial charge in [0.1, 0.15) is 11.8 Å². The number of hydrogen-bond donors (Lipinski definition) is 2. The van der Waals surface area contributed by atoms with E-state index in [1.165, 1.54) is 7.11 Å². The molecule has 0 bridgehead atoms. The highest BCUT2D eigenvalue weighted by Gasteiger charge is 2.39. The van der Waals surface area contributed by atoms with Crippen LogP contribution >= 0.6 is 0 Å². The van der Waals surface area contributed by atoms with Gasteiger partial charge in [0.15, 0.2) is 0 Å². The van der Waals surface area contributed by atoms with Crippen LogP contribution in [0.5, 0.6) is 5.75 Å². The molecule has 0 unspecified atom stereocenters. The van der Waals surface area contributed by atoms with Crippen LogP contribution in [-0.4, -0.2) is 54.1 Å². The molecular weight excluding hydrogens is 468 g/mol. The molecule has 1 aromatic heterocycles. The van der Waals surface area contributed by atoms with Crippen LogP contribution in [0.2, 0.25) is 0 Å². The number of aromatic nitrogens is 1. The molecule has 0 saturated heterocycles. The van der Waals surface area contributed by atoms with E-state index in [-0.39, 0.29) is 18.0 Å². The lowest BCUT2D eigenvalue weighted by molar-refractivity contribution is -0.145. The van der Waals surface area contributed by atoms with Gasteiger partial charge in [0.05, 0.1) is 24.2 Å². The molecular formula is C26H34N2O6S. The van der Waals surface area contributed by atoms with Crippen LogP contribution in [-0.2, 0) is 26.1 Å². The van der Waals surface area contributed by atoms with Gasteiger partial charge < -0.3 is 19.6 Å². The number of ether oxygens (including phenoxy) is 2. The van der Waals surface area contributed by atoms with Gasteiger partial charge in [0.2, 0.25) is 10.0 Å². The molecule has 9 heteroatoms. The summed E-state index contributed by atoms with van der Waals surface area (Å²) >= 11 is 0. The van der Waals surface area contributed by atoms with Crippen LogP contribution in [0.15, 0.2) is 41.4 Å². The van der Waals surface area contributed by atoms with Crippen molar-refractivity contribution >= 4 is 26.9 Å². The molecule has 0 aliphatic heterocycles. The summed E-state index contributed by atoms with van der Waals surface area (Å²) in [6.07, 6.45) is 1.80. The number of aromatic amines is 1. The van der Waals surface area contributed by atoms with Gasteiger partial charge in [0, 0.05) is 18.3 Å². The number of carboxylic acids is 1. The molecule has 0 aliphatic rings. The summed E-state index contributed by atoms with van der Waals surface area (Å²) < 4.78 is 40.6. The second-order valence-electron chi connectivity index (χ2n) is 9.70. The molecule has 0 saturated carbocycles. The van der Waals surface area contributed by atoms with Gasteiger partial charge in [0.25, 0.3) is 0 Å². The average molecular weight is 503 g/mol. The van der Waals surface area contributed by atoms with Gasteiger partial charge in [-0.1, -0.05) is 6.07 Å². The number of rotatable bonds is 9. The van der Waals surface area contributed by atoms with E-state index < -0.39 is 27.6 Å². The number of H-pyrrole nitrogens is 1. The Morgan fingerprint density at radius 1 is 1.11 bits per heavy atom. The van der Waals surface area contributed by atoms with Crippen LogP contribution in [0, 0.1) is 20.8 Å². The Balaban J connectivity index is 2.17. The number of fused-ring (bicyclic) bond motifs is 1. The Bertz CT molecular complexity index is 1340. The zero-order valence-electron chi connectivity index (χ0n) is 21.3. The lowest BCUT2D eigenvalue weighted by atomic mass is 10.1. The van der Waals surface area contributed by atoms with Crippen molar-refractivity contribution in [3.63, 3.8) is 0 Å². The summed E-state index contributed by atoms with van der Waals surface area (Å²) in [7, 11) is -2.72. The SMILES string of the molecule is COc1cc(C)c(S(=O)(=O)N(Cc2ccc3[nH]ccc3c2)[C@H](COC(C)(C)C)C(=O)O)c(C)c1C. The van der Waals surface area contributed by atoms with Crippen LogP contribution < -0.4 is 4.74 Å². The third-order valence-electron chi connectivity index (χ3n) is 6.03. The van der Waals surface area contributed by atoms with E-state index in [4.69, 9.17) is 9.47 Å². The van der Waals surface area contributed by atoms with E-state index in [1.54, 1.807) is 59.9 Å². The van der Waals surface area contributed by atoms with Crippen molar-refractivity contribution < 1.29 is 27.8 Å². The van der Waals surface area contributed by atoms with Gasteiger partial charge in [-0.3, -0.25) is 4.79 Å². The first kappa shape index (κ1) is 26.7. The average Bonchev–Trinajstić information content (AvgIpc) is 3.22. The molecule has 1 heterocycles. The maximum absolute atomic E-state index is 14.2. The zero-order valence-corrected chi connectivity index (χ0v) is 22.1. The predicted molar refractivity (Wildman–Crippen MR) is 135 cm³/mol. The van der Waals surface area contributed by atoms with Gasteiger partial charge in [-0.25, -0.2) is 8.42 Å². The highest BCUT2D eigenvalue weighted by molar-refractivity contribution is 7.89. The van der Waals surface area contributed by atoms with Gasteiger partial charge >= 0.3 is 5.97 Å². The molecule has 0 fully saturated rings. The third kappa shape index (κ3) is 5.69. The minimum absolute atomic E-state index is 0.0838. The van der Waals surface area contributed by atoms with Crippen molar-refractivity contribution in [3.05, 3.63) is 58.8 Å². The number of carbonyl (C=O) groups is 1. The minimum Gasteiger partial charge on any atom is -0.496 e. The van der Waals surface area contributed by atoms with E-state index in [9.17, 15) is 18.3 Å². The molecule has 2 N–H and O–H groups in total. The smallest absolute Gasteiger partial charge is 0.324 e. The van der Waals surface area contributed by atoms with E-state index >= 15 is 0 Å². The number of sulfonamides is 1. The molecule has 3 aromatic rings. The zero-order chi connectivity index (χ0) is 26.1. The third-order valence-corrected chi connectivity index (χ3v) is 8.17. The van der Waals surface area contributed by atoms with Gasteiger partial charge in [-0.15, -0.1) is 0 Å². The fourth-order valence-corrected chi connectivity index (χ4v) is 6.14. The van der Waals surface area contributed by atoms with Crippen molar-refractivity contribution in [2.75, 3.05) is 13.7 Å². The normalized spacial score (nSPS) is 13.4. The Hall–Kier alpha value is -2.88. The van der Waals surface area contributed by atoms with Crippen LogP contribution in [0.25, 0.3) is 10.9 Å². The first-order chi connectivity index (χ1) is 16.3. The lowest BCUT2D eigenvalue weighted by Gasteiger charge is -2.32. The Morgan fingerprint density at radius 2 is 1.80 bits per heavy atom. The first-order valence-corrected chi connectivity index (χ1v) is 12.8. The Kier molecular flexibility index (Phi) is 7.64. The summed E-state index contributed by atoms with van der Waals surface area (Å²) in [5.41, 5.74) is 2.62. The van der Waals surface area contributed by atoms with E-state index in [1.807, 2.05) is 18.2 Å². The second-order valence-corrected chi connectivity index (χ2v) is 11.5. The van der Waals surface area contributed by atoms with Crippen molar-refractivity contribution in [1.82, 2.24) is 9.29 Å². The van der Waals surface area contributed by atoms with Crippen molar-refractivity contribution in [2.45, 2.75) is 64.6 Å².